The number of hydrogen-bond donors (Lipinski definition) is 1. The first-order chi connectivity index (χ1) is 8.50. The number of rotatable bonds is 3. The Morgan fingerprint density at radius 1 is 1.44 bits per heavy atom. The summed E-state index contributed by atoms with van der Waals surface area (Å²) in [6, 6.07) is 2.85. The number of nitrogens with zero attached hydrogens (tertiary/aromatic N) is 4. The highest BCUT2D eigenvalue weighted by Crippen LogP contribution is 2.31. The minimum Gasteiger partial charge on any atom is -0.347 e. The van der Waals surface area contributed by atoms with Gasteiger partial charge in [0.05, 0.1) is 11.7 Å². The summed E-state index contributed by atoms with van der Waals surface area (Å²) in [5, 5.41) is 0. The van der Waals surface area contributed by atoms with Crippen molar-refractivity contribution in [2.75, 3.05) is 25.5 Å². The predicted molar refractivity (Wildman–Crippen MR) is 73.5 cm³/mol. The van der Waals surface area contributed by atoms with E-state index in [1.54, 1.807) is 0 Å². The molecule has 0 radical (unpaired) electrons. The average Bonchev–Trinajstić information content (AvgIpc) is 2.71. The summed E-state index contributed by atoms with van der Waals surface area (Å²) in [5.41, 5.74) is 7.28. The van der Waals surface area contributed by atoms with Crippen LogP contribution in [0.3, 0.4) is 0 Å². The Labute approximate surface area is 109 Å². The normalized spacial score (nSPS) is 24.8. The van der Waals surface area contributed by atoms with Crippen molar-refractivity contribution < 1.29 is 0 Å². The molecule has 0 saturated carbocycles. The van der Waals surface area contributed by atoms with Crippen molar-refractivity contribution in [3.63, 3.8) is 0 Å². The smallest absolute Gasteiger partial charge is 0.225 e. The summed E-state index contributed by atoms with van der Waals surface area (Å²) in [6.07, 6.45) is 2.85. The van der Waals surface area contributed by atoms with Gasteiger partial charge in [-0.15, -0.1) is 0 Å². The zero-order chi connectivity index (χ0) is 13.3. The fourth-order valence-corrected chi connectivity index (χ4v) is 2.55. The molecule has 18 heavy (non-hydrogen) atoms. The molecule has 100 valence electrons. The largest absolute Gasteiger partial charge is 0.347 e. The van der Waals surface area contributed by atoms with Gasteiger partial charge in [0.1, 0.15) is 0 Å². The van der Waals surface area contributed by atoms with Gasteiger partial charge in [0.25, 0.3) is 0 Å². The van der Waals surface area contributed by atoms with Gasteiger partial charge >= 0.3 is 0 Å². The summed E-state index contributed by atoms with van der Waals surface area (Å²) in [5.74, 6) is 0.746. The average molecular weight is 249 g/mol. The third kappa shape index (κ3) is 2.47. The van der Waals surface area contributed by atoms with Crippen LogP contribution >= 0.6 is 0 Å². The fourth-order valence-electron chi connectivity index (χ4n) is 2.55. The van der Waals surface area contributed by atoms with Gasteiger partial charge in [0.15, 0.2) is 0 Å². The molecule has 1 aliphatic rings. The SMILES string of the molecule is CC(C)N1CC[C@@H](N)[C@@H]1c1ccnc(N(C)C)n1. The zero-order valence-electron chi connectivity index (χ0n) is 11.7. The maximum atomic E-state index is 6.25. The Kier molecular flexibility index (Phi) is 3.82. The summed E-state index contributed by atoms with van der Waals surface area (Å²) in [6.45, 7) is 5.46. The van der Waals surface area contributed by atoms with Crippen molar-refractivity contribution in [2.24, 2.45) is 5.73 Å². The van der Waals surface area contributed by atoms with Crippen LogP contribution < -0.4 is 10.6 Å². The Balaban J connectivity index is 2.31. The molecule has 0 spiro atoms. The minimum atomic E-state index is 0.164. The first-order valence-corrected chi connectivity index (χ1v) is 6.52. The summed E-state index contributed by atoms with van der Waals surface area (Å²) in [4.78, 5) is 13.2. The minimum absolute atomic E-state index is 0.164. The molecule has 2 atom stereocenters. The van der Waals surface area contributed by atoms with Crippen LogP contribution in [0.25, 0.3) is 0 Å². The van der Waals surface area contributed by atoms with Gasteiger partial charge < -0.3 is 10.6 Å². The van der Waals surface area contributed by atoms with Crippen LogP contribution in [0.4, 0.5) is 5.95 Å². The van der Waals surface area contributed by atoms with Gasteiger partial charge in [-0.05, 0) is 26.3 Å². The Morgan fingerprint density at radius 3 is 2.78 bits per heavy atom. The first kappa shape index (κ1) is 13.2. The molecule has 0 unspecified atom stereocenters. The maximum absolute atomic E-state index is 6.25. The summed E-state index contributed by atoms with van der Waals surface area (Å²) in [7, 11) is 3.90. The van der Waals surface area contributed by atoms with E-state index in [1.165, 1.54) is 0 Å². The topological polar surface area (TPSA) is 58.3 Å². The molecule has 0 aromatic carbocycles. The van der Waals surface area contributed by atoms with Crippen molar-refractivity contribution in [1.82, 2.24) is 14.9 Å². The van der Waals surface area contributed by atoms with E-state index in [4.69, 9.17) is 5.73 Å². The molecule has 0 amide bonds. The lowest BCUT2D eigenvalue weighted by molar-refractivity contribution is 0.194. The molecule has 5 heteroatoms. The van der Waals surface area contributed by atoms with Gasteiger partial charge in [-0.2, -0.15) is 0 Å². The summed E-state index contributed by atoms with van der Waals surface area (Å²) < 4.78 is 0. The molecular weight excluding hydrogens is 226 g/mol. The van der Waals surface area contributed by atoms with Gasteiger partial charge in [-0.1, -0.05) is 0 Å². The fraction of sp³-hybridized carbons (Fsp3) is 0.692. The van der Waals surface area contributed by atoms with Crippen LogP contribution in [0.5, 0.6) is 0 Å². The van der Waals surface area contributed by atoms with Gasteiger partial charge in [0, 0.05) is 38.9 Å². The monoisotopic (exact) mass is 249 g/mol. The molecule has 2 N–H and O–H groups in total. The number of aromatic nitrogens is 2. The molecule has 2 rings (SSSR count). The molecule has 2 heterocycles. The van der Waals surface area contributed by atoms with Gasteiger partial charge in [-0.3, -0.25) is 4.90 Å². The van der Waals surface area contributed by atoms with Gasteiger partial charge in [0.2, 0.25) is 5.95 Å². The second kappa shape index (κ2) is 5.20. The molecule has 1 aromatic rings. The lowest BCUT2D eigenvalue weighted by atomic mass is 10.1. The molecule has 0 bridgehead atoms. The van der Waals surface area contributed by atoms with Crippen LogP contribution in [-0.2, 0) is 0 Å². The molecular formula is C13H23N5. The van der Waals surface area contributed by atoms with Gasteiger partial charge in [-0.25, -0.2) is 9.97 Å². The quantitative estimate of drug-likeness (QED) is 0.867. The Morgan fingerprint density at radius 2 is 2.17 bits per heavy atom. The van der Waals surface area contributed by atoms with E-state index in [0.29, 0.717) is 6.04 Å². The number of hydrogen-bond acceptors (Lipinski definition) is 5. The molecule has 1 aromatic heterocycles. The van der Waals surface area contributed by atoms with Crippen LogP contribution in [-0.4, -0.2) is 47.6 Å². The van der Waals surface area contributed by atoms with E-state index in [2.05, 4.69) is 28.7 Å². The second-order valence-corrected chi connectivity index (χ2v) is 5.40. The van der Waals surface area contributed by atoms with Crippen molar-refractivity contribution in [2.45, 2.75) is 38.4 Å². The summed E-state index contributed by atoms with van der Waals surface area (Å²) >= 11 is 0. The molecule has 5 nitrogen and oxygen atoms in total. The van der Waals surface area contributed by atoms with Crippen LogP contribution in [0, 0.1) is 0 Å². The molecule has 0 aliphatic carbocycles. The third-order valence-corrected chi connectivity index (χ3v) is 3.51. The standard InChI is InChI=1S/C13H23N5/c1-9(2)18-8-6-10(14)12(18)11-5-7-15-13(16-11)17(3)4/h5,7,9-10,12H,6,8,14H2,1-4H3/t10-,12-/m1/s1. The van der Waals surface area contributed by atoms with Crippen molar-refractivity contribution in [3.05, 3.63) is 18.0 Å². The number of nitrogens with two attached hydrogens (primary N) is 1. The number of likely N-dealkylation sites (tertiary alicyclic amines) is 1. The molecule has 1 saturated heterocycles. The zero-order valence-corrected chi connectivity index (χ0v) is 11.7. The highest BCUT2D eigenvalue weighted by Gasteiger charge is 2.35. The van der Waals surface area contributed by atoms with Crippen LogP contribution in [0.1, 0.15) is 32.0 Å². The maximum Gasteiger partial charge on any atom is 0.225 e. The second-order valence-electron chi connectivity index (χ2n) is 5.40. The number of anilines is 1. The molecule has 1 fully saturated rings. The van der Waals surface area contributed by atoms with E-state index in [-0.39, 0.29) is 12.1 Å². The van der Waals surface area contributed by atoms with Crippen LogP contribution in [0.15, 0.2) is 12.3 Å². The van der Waals surface area contributed by atoms with E-state index in [1.807, 2.05) is 31.3 Å². The Hall–Kier alpha value is -1.20. The van der Waals surface area contributed by atoms with E-state index in [0.717, 1.165) is 24.6 Å². The Bertz CT molecular complexity index is 404. The highest BCUT2D eigenvalue weighted by molar-refractivity contribution is 5.29. The predicted octanol–water partition coefficient (Wildman–Crippen LogP) is 1.03. The van der Waals surface area contributed by atoms with E-state index < -0.39 is 0 Å². The molecule has 1 aliphatic heterocycles. The van der Waals surface area contributed by atoms with Crippen molar-refractivity contribution in [1.29, 1.82) is 0 Å². The van der Waals surface area contributed by atoms with Crippen molar-refractivity contribution in [3.8, 4) is 0 Å². The van der Waals surface area contributed by atoms with E-state index >= 15 is 0 Å². The lowest BCUT2D eigenvalue weighted by Gasteiger charge is -2.29. The third-order valence-electron chi connectivity index (χ3n) is 3.51. The first-order valence-electron chi connectivity index (χ1n) is 6.52. The highest BCUT2D eigenvalue weighted by atomic mass is 15.3. The van der Waals surface area contributed by atoms with Crippen LogP contribution in [0.2, 0.25) is 0 Å². The van der Waals surface area contributed by atoms with Crippen molar-refractivity contribution >= 4 is 5.95 Å². The lowest BCUT2D eigenvalue weighted by Crippen LogP contribution is -2.36. The van der Waals surface area contributed by atoms with E-state index in [9.17, 15) is 0 Å².